The van der Waals surface area contributed by atoms with Gasteiger partial charge >= 0.3 is 0 Å². The predicted octanol–water partition coefficient (Wildman–Crippen LogP) is 4.65. The van der Waals surface area contributed by atoms with E-state index in [0.29, 0.717) is 16.7 Å². The molecule has 8 heteroatoms. The van der Waals surface area contributed by atoms with Crippen LogP contribution in [-0.4, -0.2) is 30.2 Å². The first-order valence-corrected chi connectivity index (χ1v) is 9.39. The van der Waals surface area contributed by atoms with Crippen molar-refractivity contribution in [1.82, 2.24) is 30.2 Å². The monoisotopic (exact) mass is 390 g/mol. The van der Waals surface area contributed by atoms with Crippen LogP contribution < -0.4 is 0 Å². The molecule has 0 aliphatic carbocycles. The molecule has 5 aromatic rings. The highest BCUT2D eigenvalue weighted by atomic mass is 35.5. The third-order valence-electron chi connectivity index (χ3n) is 4.14. The van der Waals surface area contributed by atoms with E-state index in [1.807, 2.05) is 54.6 Å². The number of aromatic nitrogens is 6. The molecular formula is C19H11ClN6S. The highest BCUT2D eigenvalue weighted by Crippen LogP contribution is 2.35. The molecule has 5 rings (SSSR count). The fourth-order valence-electron chi connectivity index (χ4n) is 2.86. The lowest BCUT2D eigenvalue weighted by atomic mass is 10.1. The molecule has 0 saturated carbocycles. The summed E-state index contributed by atoms with van der Waals surface area (Å²) in [6, 6.07) is 17.4. The maximum atomic E-state index is 6.02. The first-order valence-electron chi connectivity index (χ1n) is 8.13. The largest absolute Gasteiger partial charge is 0.225 e. The van der Waals surface area contributed by atoms with Crippen LogP contribution in [0.3, 0.4) is 0 Å². The van der Waals surface area contributed by atoms with Crippen LogP contribution in [0.4, 0.5) is 0 Å². The molecule has 0 atom stereocenters. The number of rotatable bonds is 3. The van der Waals surface area contributed by atoms with Crippen LogP contribution in [0.2, 0.25) is 5.02 Å². The molecule has 3 aromatic heterocycles. The standard InChI is InChI=1S/C19H11ClN6S/c20-14-8-6-12(7-9-14)15-10-27-19-16(15)18(21-11-22-19)26-24-17(23-25-26)13-4-2-1-3-5-13/h1-11H. The second-order valence-electron chi connectivity index (χ2n) is 5.80. The number of nitrogens with zero attached hydrogens (tertiary/aromatic N) is 6. The zero-order valence-corrected chi connectivity index (χ0v) is 15.4. The van der Waals surface area contributed by atoms with Crippen molar-refractivity contribution in [2.75, 3.05) is 0 Å². The van der Waals surface area contributed by atoms with Crippen molar-refractivity contribution in [3.8, 4) is 28.3 Å². The minimum atomic E-state index is 0.547. The maximum Gasteiger partial charge on any atom is 0.205 e. The van der Waals surface area contributed by atoms with Gasteiger partial charge in [-0.25, -0.2) is 9.97 Å². The van der Waals surface area contributed by atoms with E-state index in [1.54, 1.807) is 11.3 Å². The van der Waals surface area contributed by atoms with Gasteiger partial charge in [-0.1, -0.05) is 54.1 Å². The third kappa shape index (κ3) is 2.87. The summed E-state index contributed by atoms with van der Waals surface area (Å²) in [6.07, 6.45) is 1.52. The SMILES string of the molecule is Clc1ccc(-c2csc3ncnc(-n4nnc(-c5ccccc5)n4)c23)cc1. The molecule has 0 aliphatic rings. The number of benzene rings is 2. The maximum absolute atomic E-state index is 6.02. The van der Waals surface area contributed by atoms with Crippen LogP contribution in [-0.2, 0) is 0 Å². The van der Waals surface area contributed by atoms with E-state index in [2.05, 4.69) is 30.8 Å². The summed E-state index contributed by atoms with van der Waals surface area (Å²) in [4.78, 5) is 11.1. The summed E-state index contributed by atoms with van der Waals surface area (Å²) >= 11 is 7.58. The predicted molar refractivity (Wildman–Crippen MR) is 106 cm³/mol. The normalized spacial score (nSPS) is 11.1. The summed E-state index contributed by atoms with van der Waals surface area (Å²) < 4.78 is 0. The van der Waals surface area contributed by atoms with Gasteiger partial charge in [-0.3, -0.25) is 0 Å². The van der Waals surface area contributed by atoms with Crippen molar-refractivity contribution in [2.24, 2.45) is 0 Å². The van der Waals surface area contributed by atoms with Gasteiger partial charge in [0.1, 0.15) is 11.2 Å². The van der Waals surface area contributed by atoms with Crippen molar-refractivity contribution < 1.29 is 0 Å². The molecular weight excluding hydrogens is 380 g/mol. The summed E-state index contributed by atoms with van der Waals surface area (Å²) in [7, 11) is 0. The van der Waals surface area contributed by atoms with E-state index < -0.39 is 0 Å². The Morgan fingerprint density at radius 3 is 2.52 bits per heavy atom. The smallest absolute Gasteiger partial charge is 0.205 e. The topological polar surface area (TPSA) is 69.4 Å². The molecule has 2 aromatic carbocycles. The second-order valence-corrected chi connectivity index (χ2v) is 7.10. The van der Waals surface area contributed by atoms with Crippen LogP contribution in [0.15, 0.2) is 66.3 Å². The van der Waals surface area contributed by atoms with Crippen LogP contribution in [0.5, 0.6) is 0 Å². The summed E-state index contributed by atoms with van der Waals surface area (Å²) in [5.41, 5.74) is 2.95. The highest BCUT2D eigenvalue weighted by molar-refractivity contribution is 7.17. The second kappa shape index (κ2) is 6.53. The number of hydrogen-bond donors (Lipinski definition) is 0. The number of thiophene rings is 1. The van der Waals surface area contributed by atoms with E-state index in [4.69, 9.17) is 11.6 Å². The summed E-state index contributed by atoms with van der Waals surface area (Å²) in [5.74, 6) is 1.14. The van der Waals surface area contributed by atoms with Crippen molar-refractivity contribution in [2.45, 2.75) is 0 Å². The Balaban J connectivity index is 1.67. The van der Waals surface area contributed by atoms with Crippen LogP contribution in [0, 0.1) is 0 Å². The molecule has 0 aliphatic heterocycles. The van der Waals surface area contributed by atoms with Gasteiger partial charge in [0.05, 0.1) is 5.39 Å². The van der Waals surface area contributed by atoms with Crippen LogP contribution in [0.1, 0.15) is 0 Å². The fraction of sp³-hybridized carbons (Fsp3) is 0. The summed E-state index contributed by atoms with van der Waals surface area (Å²) in [5, 5.41) is 16.5. The molecule has 0 unspecified atom stereocenters. The average molecular weight is 391 g/mol. The van der Waals surface area contributed by atoms with Crippen LogP contribution in [0.25, 0.3) is 38.5 Å². The Hall–Kier alpha value is -3.16. The van der Waals surface area contributed by atoms with Gasteiger partial charge in [-0.05, 0) is 22.9 Å². The van der Waals surface area contributed by atoms with Gasteiger partial charge in [-0.15, -0.1) is 26.3 Å². The van der Waals surface area contributed by atoms with Crippen molar-refractivity contribution in [3.63, 3.8) is 0 Å². The summed E-state index contributed by atoms with van der Waals surface area (Å²) in [6.45, 7) is 0. The molecule has 0 radical (unpaired) electrons. The molecule has 3 heterocycles. The molecule has 0 N–H and O–H groups in total. The molecule has 0 bridgehead atoms. The number of hydrogen-bond acceptors (Lipinski definition) is 6. The van der Waals surface area contributed by atoms with Gasteiger partial charge in [0.25, 0.3) is 0 Å². The van der Waals surface area contributed by atoms with Crippen molar-refractivity contribution in [1.29, 1.82) is 0 Å². The molecule has 6 nitrogen and oxygen atoms in total. The Morgan fingerprint density at radius 1 is 0.889 bits per heavy atom. The minimum absolute atomic E-state index is 0.547. The fourth-order valence-corrected chi connectivity index (χ4v) is 3.90. The van der Waals surface area contributed by atoms with Gasteiger partial charge in [-0.2, -0.15) is 0 Å². The number of halogens is 1. The zero-order chi connectivity index (χ0) is 18.2. The van der Waals surface area contributed by atoms with Crippen molar-refractivity contribution >= 4 is 33.2 Å². The van der Waals surface area contributed by atoms with Crippen LogP contribution >= 0.6 is 22.9 Å². The molecule has 0 saturated heterocycles. The van der Waals surface area contributed by atoms with Gasteiger partial charge < -0.3 is 0 Å². The van der Waals surface area contributed by atoms with E-state index in [0.717, 1.165) is 26.9 Å². The van der Waals surface area contributed by atoms with E-state index >= 15 is 0 Å². The van der Waals surface area contributed by atoms with Gasteiger partial charge in [0, 0.05) is 21.5 Å². The molecule has 0 amide bonds. The van der Waals surface area contributed by atoms with E-state index in [1.165, 1.54) is 11.1 Å². The first kappa shape index (κ1) is 16.0. The van der Waals surface area contributed by atoms with E-state index in [9.17, 15) is 0 Å². The Labute approximate surface area is 163 Å². The van der Waals surface area contributed by atoms with Gasteiger partial charge in [0.2, 0.25) is 5.82 Å². The Bertz CT molecular complexity index is 1230. The van der Waals surface area contributed by atoms with E-state index in [-0.39, 0.29) is 0 Å². The third-order valence-corrected chi connectivity index (χ3v) is 5.28. The average Bonchev–Trinajstić information content (AvgIpc) is 3.37. The lowest BCUT2D eigenvalue weighted by Crippen LogP contribution is -2.03. The number of tetrazole rings is 1. The highest BCUT2D eigenvalue weighted by Gasteiger charge is 2.17. The lowest BCUT2D eigenvalue weighted by Gasteiger charge is -2.04. The Morgan fingerprint density at radius 2 is 1.70 bits per heavy atom. The Kier molecular flexibility index (Phi) is 3.88. The molecule has 130 valence electrons. The lowest BCUT2D eigenvalue weighted by molar-refractivity contribution is 0.705. The molecule has 0 fully saturated rings. The zero-order valence-electron chi connectivity index (χ0n) is 13.8. The molecule has 27 heavy (non-hydrogen) atoms. The number of fused-ring (bicyclic) bond motifs is 1. The minimum Gasteiger partial charge on any atom is -0.225 e. The van der Waals surface area contributed by atoms with Crippen molar-refractivity contribution in [3.05, 3.63) is 71.3 Å². The van der Waals surface area contributed by atoms with Gasteiger partial charge in [0.15, 0.2) is 5.82 Å². The first-order chi connectivity index (χ1) is 13.3. The molecule has 0 spiro atoms. The quantitative estimate of drug-likeness (QED) is 0.448.